The summed E-state index contributed by atoms with van der Waals surface area (Å²) in [5.41, 5.74) is 1.40. The number of nitrogens with zero attached hydrogens (tertiary/aromatic N) is 2. The Hall–Kier alpha value is -2.60. The van der Waals surface area contributed by atoms with Crippen LogP contribution in [0.5, 0.6) is 5.75 Å². The van der Waals surface area contributed by atoms with Gasteiger partial charge in [-0.1, -0.05) is 22.8 Å². The van der Waals surface area contributed by atoms with Crippen molar-refractivity contribution in [3.05, 3.63) is 54.0 Å². The number of rotatable bonds is 5. The lowest BCUT2D eigenvalue weighted by Gasteiger charge is -2.23. The predicted molar refractivity (Wildman–Crippen MR) is 88.1 cm³/mol. The molecule has 2 aromatic heterocycles. The van der Waals surface area contributed by atoms with Crippen LogP contribution in [-0.4, -0.2) is 21.2 Å². The van der Waals surface area contributed by atoms with Crippen molar-refractivity contribution in [3.8, 4) is 5.75 Å². The largest absolute Gasteiger partial charge is 0.481 e. The molecule has 2 atom stereocenters. The van der Waals surface area contributed by atoms with Crippen molar-refractivity contribution < 1.29 is 19.2 Å². The molecule has 2 unspecified atom stereocenters. The van der Waals surface area contributed by atoms with E-state index < -0.39 is 16.9 Å². The van der Waals surface area contributed by atoms with Crippen LogP contribution in [0, 0.1) is 0 Å². The van der Waals surface area contributed by atoms with Crippen LogP contribution in [0.4, 0.5) is 0 Å². The molecule has 0 amide bonds. The highest BCUT2D eigenvalue weighted by atomic mass is 35.5. The van der Waals surface area contributed by atoms with Gasteiger partial charge in [0.1, 0.15) is 17.4 Å². The summed E-state index contributed by atoms with van der Waals surface area (Å²) in [5.74, 6) is -1.31. The molecule has 0 saturated carbocycles. The number of carboxylic acids is 1. The zero-order valence-corrected chi connectivity index (χ0v) is 13.8. The number of fused-ring (bicyclic) bond motifs is 1. The molecule has 1 N–H and O–H groups in total. The monoisotopic (exact) mass is 346 g/mol. The van der Waals surface area contributed by atoms with E-state index in [4.69, 9.17) is 20.9 Å². The third-order valence-electron chi connectivity index (χ3n) is 3.68. The van der Waals surface area contributed by atoms with Crippen LogP contribution < -0.4 is 4.74 Å². The van der Waals surface area contributed by atoms with Gasteiger partial charge < -0.3 is 14.4 Å². The topological polar surface area (TPSA) is 85.5 Å². The average Bonchev–Trinajstić information content (AvgIpc) is 2.97. The number of halogens is 1. The van der Waals surface area contributed by atoms with Crippen molar-refractivity contribution in [1.82, 2.24) is 10.1 Å². The number of carboxylic acid groups (broad SMARTS) is 1. The van der Waals surface area contributed by atoms with E-state index in [9.17, 15) is 9.90 Å². The predicted octanol–water partition coefficient (Wildman–Crippen LogP) is 3.90. The van der Waals surface area contributed by atoms with Crippen LogP contribution >= 0.6 is 11.6 Å². The van der Waals surface area contributed by atoms with Gasteiger partial charge in [0.25, 0.3) is 0 Å². The van der Waals surface area contributed by atoms with Gasteiger partial charge in [0.05, 0.1) is 5.69 Å². The molecule has 3 rings (SSSR count). The van der Waals surface area contributed by atoms with Crippen molar-refractivity contribution in [2.24, 2.45) is 0 Å². The van der Waals surface area contributed by atoms with Crippen molar-refractivity contribution in [3.63, 3.8) is 0 Å². The second-order valence-corrected chi connectivity index (χ2v) is 6.24. The highest BCUT2D eigenvalue weighted by Crippen LogP contribution is 2.34. The summed E-state index contributed by atoms with van der Waals surface area (Å²) in [6.07, 6.45) is 1.63. The highest BCUT2D eigenvalue weighted by Gasteiger charge is 2.28. The lowest BCUT2D eigenvalue weighted by Crippen LogP contribution is -2.23. The number of aromatic nitrogens is 2. The third kappa shape index (κ3) is 3.05. The molecule has 0 saturated heterocycles. The third-order valence-corrected chi connectivity index (χ3v) is 3.95. The molecule has 6 nitrogen and oxygen atoms in total. The number of ether oxygens (including phenoxy) is 1. The molecule has 0 radical (unpaired) electrons. The fraction of sp³-hybridized carbons (Fsp3) is 0.235. The molecule has 0 spiro atoms. The van der Waals surface area contributed by atoms with Crippen molar-refractivity contribution >= 4 is 28.5 Å². The van der Waals surface area contributed by atoms with Gasteiger partial charge in [-0.3, -0.25) is 9.78 Å². The first-order valence-corrected chi connectivity index (χ1v) is 7.68. The number of pyridine rings is 1. The van der Waals surface area contributed by atoms with E-state index in [1.165, 1.54) is 0 Å². The Morgan fingerprint density at radius 1 is 1.38 bits per heavy atom. The lowest BCUT2D eigenvalue weighted by molar-refractivity contribution is -0.138. The zero-order valence-electron chi connectivity index (χ0n) is 13.1. The fourth-order valence-electron chi connectivity index (χ4n) is 2.33. The summed E-state index contributed by atoms with van der Waals surface area (Å²) in [6, 6.07) is 10.4. The smallest absolute Gasteiger partial charge is 0.312 e. The van der Waals surface area contributed by atoms with E-state index in [-0.39, 0.29) is 0 Å². The first-order chi connectivity index (χ1) is 11.4. The minimum atomic E-state index is -1.16. The Bertz CT molecular complexity index is 877. The average molecular weight is 347 g/mol. The second kappa shape index (κ2) is 6.13. The second-order valence-electron chi connectivity index (χ2n) is 5.52. The first kappa shape index (κ1) is 16.3. The number of aliphatic carboxylic acids is 1. The van der Waals surface area contributed by atoms with Crippen LogP contribution in [0.2, 0.25) is 0 Å². The van der Waals surface area contributed by atoms with Crippen LogP contribution in [0.25, 0.3) is 11.0 Å². The van der Waals surface area contributed by atoms with Gasteiger partial charge >= 0.3 is 5.97 Å². The maximum atomic E-state index is 11.2. The fourth-order valence-corrected chi connectivity index (χ4v) is 2.53. The Balaban J connectivity index is 1.96. The van der Waals surface area contributed by atoms with E-state index >= 15 is 0 Å². The van der Waals surface area contributed by atoms with E-state index in [0.29, 0.717) is 28.1 Å². The number of hydrogen-bond acceptors (Lipinski definition) is 5. The van der Waals surface area contributed by atoms with Crippen LogP contribution in [0.1, 0.15) is 31.2 Å². The molecule has 24 heavy (non-hydrogen) atoms. The lowest BCUT2D eigenvalue weighted by atomic mass is 10.0. The summed E-state index contributed by atoms with van der Waals surface area (Å²) in [7, 11) is 0. The van der Waals surface area contributed by atoms with Crippen molar-refractivity contribution in [2.75, 3.05) is 0 Å². The zero-order chi connectivity index (χ0) is 17.3. The molecule has 0 aliphatic rings. The molecule has 124 valence electrons. The molecular weight excluding hydrogens is 332 g/mol. The minimum absolute atomic E-state index is 0.345. The van der Waals surface area contributed by atoms with E-state index in [0.717, 1.165) is 0 Å². The maximum Gasteiger partial charge on any atom is 0.312 e. The Kier molecular flexibility index (Phi) is 4.15. The van der Waals surface area contributed by atoms with Gasteiger partial charge in [0.2, 0.25) is 5.06 Å². The normalized spacial score (nSPS) is 15.0. The molecule has 7 heteroatoms. The molecule has 0 aliphatic carbocycles. The van der Waals surface area contributed by atoms with E-state index in [1.807, 2.05) is 6.07 Å². The summed E-state index contributed by atoms with van der Waals surface area (Å²) in [6.45, 7) is 3.24. The maximum absolute atomic E-state index is 11.2. The first-order valence-electron chi connectivity index (χ1n) is 7.30. The Morgan fingerprint density at radius 2 is 2.17 bits per heavy atom. The van der Waals surface area contributed by atoms with E-state index in [1.54, 1.807) is 50.4 Å². The summed E-state index contributed by atoms with van der Waals surface area (Å²) in [5, 5.41) is 12.4. The van der Waals surface area contributed by atoms with Gasteiger partial charge in [0, 0.05) is 11.6 Å². The highest BCUT2D eigenvalue weighted by molar-refractivity contribution is 6.22. The Morgan fingerprint density at radius 3 is 2.83 bits per heavy atom. The molecule has 2 heterocycles. The molecule has 0 aliphatic heterocycles. The van der Waals surface area contributed by atoms with Crippen LogP contribution in [0.3, 0.4) is 0 Å². The summed E-state index contributed by atoms with van der Waals surface area (Å²) in [4.78, 5) is 15.4. The van der Waals surface area contributed by atoms with Gasteiger partial charge in [-0.05, 0) is 44.2 Å². The molecule has 3 aromatic rings. The van der Waals surface area contributed by atoms with Gasteiger partial charge in [-0.15, -0.1) is 0 Å². The molecule has 0 fully saturated rings. The van der Waals surface area contributed by atoms with Gasteiger partial charge in [-0.25, -0.2) is 0 Å². The number of hydrogen-bond donors (Lipinski definition) is 1. The summed E-state index contributed by atoms with van der Waals surface area (Å²) >= 11 is 6.46. The Labute approximate surface area is 143 Å². The van der Waals surface area contributed by atoms with E-state index in [2.05, 4.69) is 10.1 Å². The number of benzene rings is 1. The number of alkyl halides is 1. The SMILES string of the molecule is CC(C(=O)O)c1noc2ccc(OC(C)(Cl)c3ccccn3)cc12. The number of carbonyl (C=O) groups is 1. The van der Waals surface area contributed by atoms with Crippen LogP contribution in [0.15, 0.2) is 47.1 Å². The molecule has 1 aromatic carbocycles. The quantitative estimate of drug-likeness (QED) is 0.705. The standard InChI is InChI=1S/C17H15ClN2O4/c1-10(16(21)22)15-12-9-11(6-7-13(12)24-20-15)23-17(2,18)14-5-3-4-8-19-14/h3-10H,1-2H3,(H,21,22). The van der Waals surface area contributed by atoms with Crippen molar-refractivity contribution in [2.45, 2.75) is 24.8 Å². The van der Waals surface area contributed by atoms with Gasteiger partial charge in [0.15, 0.2) is 5.58 Å². The molecular formula is C17H15ClN2O4. The summed E-state index contributed by atoms with van der Waals surface area (Å²) < 4.78 is 11.0. The van der Waals surface area contributed by atoms with Crippen LogP contribution in [-0.2, 0) is 9.85 Å². The van der Waals surface area contributed by atoms with Crippen molar-refractivity contribution in [1.29, 1.82) is 0 Å². The minimum Gasteiger partial charge on any atom is -0.481 e. The van der Waals surface area contributed by atoms with Gasteiger partial charge in [-0.2, -0.15) is 0 Å². The molecule has 0 bridgehead atoms.